The van der Waals surface area contributed by atoms with Gasteiger partial charge in [0.2, 0.25) is 10.0 Å². The van der Waals surface area contributed by atoms with E-state index < -0.39 is 22.2 Å². The average Bonchev–Trinajstić information content (AvgIpc) is 2.51. The number of nitrogens with one attached hydrogen (secondary N) is 1. The van der Waals surface area contributed by atoms with Gasteiger partial charge < -0.3 is 10.8 Å². The monoisotopic (exact) mass is 332 g/mol. The second-order valence-corrected chi connectivity index (χ2v) is 7.69. The Morgan fingerprint density at radius 3 is 2.57 bits per heavy atom. The van der Waals surface area contributed by atoms with Crippen molar-refractivity contribution >= 4 is 15.7 Å². The Balaban J connectivity index is 1.96. The molecule has 0 spiro atoms. The summed E-state index contributed by atoms with van der Waals surface area (Å²) in [6, 6.07) is 11.4. The Morgan fingerprint density at radius 2 is 1.87 bits per heavy atom. The SMILES string of the molecule is Cc1ccc(S(=O)(=O)NC2c3cc(N)ccc3CCC2O)cc1. The first-order valence-electron chi connectivity index (χ1n) is 7.52. The summed E-state index contributed by atoms with van der Waals surface area (Å²) in [5.74, 6) is 0. The zero-order valence-electron chi connectivity index (χ0n) is 12.9. The third-order valence-corrected chi connectivity index (χ3v) is 5.67. The molecule has 1 aliphatic rings. The molecule has 2 unspecified atom stereocenters. The van der Waals surface area contributed by atoms with Crippen LogP contribution < -0.4 is 10.5 Å². The number of sulfonamides is 1. The summed E-state index contributed by atoms with van der Waals surface area (Å²) in [6.45, 7) is 1.90. The minimum atomic E-state index is -3.72. The number of benzene rings is 2. The Kier molecular flexibility index (Phi) is 4.14. The Hall–Kier alpha value is -1.89. The van der Waals surface area contributed by atoms with Crippen LogP contribution in [0.15, 0.2) is 47.4 Å². The van der Waals surface area contributed by atoms with Crippen LogP contribution >= 0.6 is 0 Å². The van der Waals surface area contributed by atoms with Gasteiger partial charge in [0.15, 0.2) is 0 Å². The summed E-state index contributed by atoms with van der Waals surface area (Å²) in [6.07, 6.45) is 0.446. The minimum Gasteiger partial charge on any atom is -0.399 e. The third kappa shape index (κ3) is 3.24. The molecule has 0 aliphatic heterocycles. The molecule has 0 heterocycles. The van der Waals surface area contributed by atoms with Crippen LogP contribution in [0.2, 0.25) is 0 Å². The highest BCUT2D eigenvalue weighted by Gasteiger charge is 2.32. The molecule has 0 fully saturated rings. The summed E-state index contributed by atoms with van der Waals surface area (Å²) >= 11 is 0. The maximum Gasteiger partial charge on any atom is 0.241 e. The van der Waals surface area contributed by atoms with Gasteiger partial charge in [-0.05, 0) is 55.2 Å². The van der Waals surface area contributed by atoms with Gasteiger partial charge in [0.05, 0.1) is 17.0 Å². The number of nitrogens with two attached hydrogens (primary N) is 1. The number of aliphatic hydroxyl groups is 1. The highest BCUT2D eigenvalue weighted by atomic mass is 32.2. The lowest BCUT2D eigenvalue weighted by atomic mass is 9.86. The number of hydrogen-bond donors (Lipinski definition) is 3. The van der Waals surface area contributed by atoms with Gasteiger partial charge in [-0.15, -0.1) is 0 Å². The van der Waals surface area contributed by atoms with Crippen LogP contribution in [0.1, 0.15) is 29.2 Å². The molecule has 5 nitrogen and oxygen atoms in total. The fourth-order valence-electron chi connectivity index (χ4n) is 2.90. The first-order valence-corrected chi connectivity index (χ1v) is 9.00. The molecular weight excluding hydrogens is 312 g/mol. The molecule has 0 radical (unpaired) electrons. The van der Waals surface area contributed by atoms with E-state index in [1.165, 1.54) is 0 Å². The van der Waals surface area contributed by atoms with Crippen LogP contribution in [-0.2, 0) is 16.4 Å². The quantitative estimate of drug-likeness (QED) is 0.749. The zero-order chi connectivity index (χ0) is 16.6. The van der Waals surface area contributed by atoms with Gasteiger partial charge in [-0.1, -0.05) is 23.8 Å². The maximum atomic E-state index is 12.6. The fraction of sp³-hybridized carbons (Fsp3) is 0.294. The number of rotatable bonds is 3. The molecule has 3 rings (SSSR count). The predicted octanol–water partition coefficient (Wildman–Crippen LogP) is 1.90. The minimum absolute atomic E-state index is 0.186. The highest BCUT2D eigenvalue weighted by molar-refractivity contribution is 7.89. The number of nitrogen functional groups attached to an aromatic ring is 1. The van der Waals surface area contributed by atoms with Gasteiger partial charge in [0.25, 0.3) is 0 Å². The lowest BCUT2D eigenvalue weighted by molar-refractivity contribution is 0.121. The summed E-state index contributed by atoms with van der Waals surface area (Å²) in [5, 5.41) is 10.3. The van der Waals surface area contributed by atoms with Crippen molar-refractivity contribution in [3.63, 3.8) is 0 Å². The standard InChI is InChI=1S/C17H20N2O3S/c1-11-2-7-14(8-3-11)23(21,22)19-17-15-10-13(18)6-4-12(15)5-9-16(17)20/h2-4,6-8,10,16-17,19-20H,5,9,18H2,1H3. The van der Waals surface area contributed by atoms with Crippen LogP contribution in [-0.4, -0.2) is 19.6 Å². The Bertz CT molecular complexity index is 816. The fourth-order valence-corrected chi connectivity index (χ4v) is 4.15. The summed E-state index contributed by atoms with van der Waals surface area (Å²) in [7, 11) is -3.72. The number of aryl methyl sites for hydroxylation is 2. The van der Waals surface area contributed by atoms with Crippen molar-refractivity contribution in [1.82, 2.24) is 4.72 Å². The topological polar surface area (TPSA) is 92.4 Å². The van der Waals surface area contributed by atoms with E-state index in [9.17, 15) is 13.5 Å². The zero-order valence-corrected chi connectivity index (χ0v) is 13.7. The van der Waals surface area contributed by atoms with Crippen LogP contribution in [0, 0.1) is 6.92 Å². The van der Waals surface area contributed by atoms with Gasteiger partial charge in [0, 0.05) is 5.69 Å². The molecule has 2 aromatic rings. The molecular formula is C17H20N2O3S. The second kappa shape index (κ2) is 5.96. The number of fused-ring (bicyclic) bond motifs is 1. The average molecular weight is 332 g/mol. The van der Waals surface area contributed by atoms with Crippen LogP contribution in [0.3, 0.4) is 0 Å². The van der Waals surface area contributed by atoms with E-state index >= 15 is 0 Å². The smallest absolute Gasteiger partial charge is 0.241 e. The van der Waals surface area contributed by atoms with Gasteiger partial charge in [-0.3, -0.25) is 0 Å². The van der Waals surface area contributed by atoms with Crippen molar-refractivity contribution < 1.29 is 13.5 Å². The summed E-state index contributed by atoms with van der Waals surface area (Å²) in [4.78, 5) is 0.186. The van der Waals surface area contributed by atoms with E-state index in [1.807, 2.05) is 13.0 Å². The van der Waals surface area contributed by atoms with E-state index in [0.29, 0.717) is 18.5 Å². The van der Waals surface area contributed by atoms with Gasteiger partial charge in [-0.25, -0.2) is 13.1 Å². The van der Waals surface area contributed by atoms with Crippen LogP contribution in [0.25, 0.3) is 0 Å². The lowest BCUT2D eigenvalue weighted by Gasteiger charge is -2.31. The molecule has 2 aromatic carbocycles. The van der Waals surface area contributed by atoms with E-state index in [2.05, 4.69) is 4.72 Å². The number of aliphatic hydroxyl groups excluding tert-OH is 1. The normalized spacial score (nSPS) is 21.0. The molecule has 6 heteroatoms. The maximum absolute atomic E-state index is 12.6. The van der Waals surface area contributed by atoms with E-state index in [0.717, 1.165) is 16.7 Å². The van der Waals surface area contributed by atoms with E-state index in [1.54, 1.807) is 36.4 Å². The highest BCUT2D eigenvalue weighted by Crippen LogP contribution is 2.32. The molecule has 0 aromatic heterocycles. The van der Waals surface area contributed by atoms with E-state index in [4.69, 9.17) is 5.73 Å². The lowest BCUT2D eigenvalue weighted by Crippen LogP contribution is -2.39. The van der Waals surface area contributed by atoms with Crippen molar-refractivity contribution in [3.8, 4) is 0 Å². The van der Waals surface area contributed by atoms with Gasteiger partial charge >= 0.3 is 0 Å². The van der Waals surface area contributed by atoms with Crippen molar-refractivity contribution in [3.05, 3.63) is 59.2 Å². The Labute approximate surface area is 136 Å². The molecule has 23 heavy (non-hydrogen) atoms. The summed E-state index contributed by atoms with van der Waals surface area (Å²) < 4.78 is 27.8. The molecule has 4 N–H and O–H groups in total. The Morgan fingerprint density at radius 1 is 1.17 bits per heavy atom. The van der Waals surface area contributed by atoms with Crippen molar-refractivity contribution in [2.45, 2.75) is 36.8 Å². The molecule has 0 bridgehead atoms. The molecule has 2 atom stereocenters. The molecule has 0 amide bonds. The van der Waals surface area contributed by atoms with Crippen LogP contribution in [0.4, 0.5) is 5.69 Å². The molecule has 122 valence electrons. The molecule has 0 saturated carbocycles. The predicted molar refractivity (Wildman–Crippen MR) is 89.4 cm³/mol. The van der Waals surface area contributed by atoms with Crippen molar-refractivity contribution in [2.24, 2.45) is 0 Å². The first kappa shape index (κ1) is 16.0. The molecule has 1 aliphatic carbocycles. The first-order chi connectivity index (χ1) is 10.9. The van der Waals surface area contributed by atoms with E-state index in [-0.39, 0.29) is 4.90 Å². The number of hydrogen-bond acceptors (Lipinski definition) is 4. The van der Waals surface area contributed by atoms with Crippen molar-refractivity contribution in [1.29, 1.82) is 0 Å². The second-order valence-electron chi connectivity index (χ2n) is 5.98. The third-order valence-electron chi connectivity index (χ3n) is 4.21. The largest absolute Gasteiger partial charge is 0.399 e. The van der Waals surface area contributed by atoms with Crippen LogP contribution in [0.5, 0.6) is 0 Å². The summed E-state index contributed by atoms with van der Waals surface area (Å²) in [5.41, 5.74) is 9.13. The number of anilines is 1. The molecule has 0 saturated heterocycles. The van der Waals surface area contributed by atoms with Gasteiger partial charge in [0.1, 0.15) is 0 Å². The van der Waals surface area contributed by atoms with Gasteiger partial charge in [-0.2, -0.15) is 0 Å². The van der Waals surface area contributed by atoms with Crippen molar-refractivity contribution in [2.75, 3.05) is 5.73 Å².